The third-order valence-corrected chi connectivity index (χ3v) is 5.11. The number of para-hydroxylation sites is 1. The number of hydrogen-bond donors (Lipinski definition) is 2. The van der Waals surface area contributed by atoms with E-state index >= 15 is 0 Å². The highest BCUT2D eigenvalue weighted by Crippen LogP contribution is 2.18. The molecule has 0 aliphatic carbocycles. The average molecular weight is 554 g/mol. The molecule has 7 nitrogen and oxygen atoms in total. The molecule has 3 rings (SSSR count). The highest BCUT2D eigenvalue weighted by atomic mass is 127. The molecule has 0 atom stereocenters. The van der Waals surface area contributed by atoms with E-state index in [1.165, 1.54) is 0 Å². The van der Waals surface area contributed by atoms with Crippen molar-refractivity contribution in [2.75, 3.05) is 53.1 Å². The molecule has 1 saturated heterocycles. The number of ether oxygens (including phenoxy) is 3. The number of morpholine rings is 1. The number of aliphatic imine (C=N–C) groups is 1. The Morgan fingerprint density at radius 3 is 2.53 bits per heavy atom. The molecule has 8 heteroatoms. The Morgan fingerprint density at radius 2 is 1.81 bits per heavy atom. The highest BCUT2D eigenvalue weighted by Gasteiger charge is 2.11. The van der Waals surface area contributed by atoms with E-state index in [1.54, 1.807) is 7.11 Å². The number of hydrogen-bond acceptors (Lipinski definition) is 5. The summed E-state index contributed by atoms with van der Waals surface area (Å²) in [5.41, 5.74) is 2.24. The molecule has 2 aromatic rings. The number of guanidine groups is 1. The zero-order valence-electron chi connectivity index (χ0n) is 19.0. The van der Waals surface area contributed by atoms with Gasteiger partial charge in [0, 0.05) is 38.3 Å². The Morgan fingerprint density at radius 1 is 1.06 bits per heavy atom. The van der Waals surface area contributed by atoms with Crippen LogP contribution in [0.1, 0.15) is 18.1 Å². The predicted octanol–water partition coefficient (Wildman–Crippen LogP) is 3.28. The number of methoxy groups -OCH3 is 1. The number of rotatable bonds is 10. The maximum atomic E-state index is 6.09. The minimum absolute atomic E-state index is 0. The lowest BCUT2D eigenvalue weighted by Gasteiger charge is -2.26. The van der Waals surface area contributed by atoms with Gasteiger partial charge < -0.3 is 24.8 Å². The maximum absolute atomic E-state index is 6.09. The quantitative estimate of drug-likeness (QED) is 0.267. The molecular weight excluding hydrogens is 519 g/mol. The fourth-order valence-corrected chi connectivity index (χ4v) is 3.32. The summed E-state index contributed by atoms with van der Waals surface area (Å²) in [4.78, 5) is 7.08. The third-order valence-electron chi connectivity index (χ3n) is 5.11. The highest BCUT2D eigenvalue weighted by molar-refractivity contribution is 14.0. The molecule has 0 radical (unpaired) electrons. The van der Waals surface area contributed by atoms with Crippen molar-refractivity contribution >= 4 is 29.9 Å². The van der Waals surface area contributed by atoms with E-state index in [0.717, 1.165) is 68.0 Å². The molecule has 2 N–H and O–H groups in total. The van der Waals surface area contributed by atoms with Crippen molar-refractivity contribution in [2.45, 2.75) is 20.0 Å². The average Bonchev–Trinajstić information content (AvgIpc) is 2.82. The summed E-state index contributed by atoms with van der Waals surface area (Å²) in [5.74, 6) is 2.54. The van der Waals surface area contributed by atoms with Crippen LogP contribution in [0.15, 0.2) is 53.5 Å². The molecule has 0 unspecified atom stereocenters. The first-order valence-electron chi connectivity index (χ1n) is 10.9. The van der Waals surface area contributed by atoms with Crippen LogP contribution in [0, 0.1) is 0 Å². The zero-order chi connectivity index (χ0) is 21.7. The SMILES string of the molecule is CCNC(=NCc1ccc(OC)cc1)NCc1ccccc1OCCN1CCOCC1.I. The Kier molecular flexibility index (Phi) is 12.2. The maximum Gasteiger partial charge on any atom is 0.191 e. The van der Waals surface area contributed by atoms with Gasteiger partial charge in [-0.25, -0.2) is 4.99 Å². The van der Waals surface area contributed by atoms with Gasteiger partial charge in [0.1, 0.15) is 18.1 Å². The van der Waals surface area contributed by atoms with Gasteiger partial charge in [0.05, 0.1) is 26.9 Å². The van der Waals surface area contributed by atoms with Crippen molar-refractivity contribution in [3.05, 3.63) is 59.7 Å². The van der Waals surface area contributed by atoms with Gasteiger partial charge in [-0.2, -0.15) is 0 Å². The first kappa shape index (κ1) is 26.2. The van der Waals surface area contributed by atoms with Crippen molar-refractivity contribution in [1.82, 2.24) is 15.5 Å². The van der Waals surface area contributed by atoms with Crippen molar-refractivity contribution in [2.24, 2.45) is 4.99 Å². The molecule has 1 heterocycles. The zero-order valence-corrected chi connectivity index (χ0v) is 21.3. The minimum Gasteiger partial charge on any atom is -0.497 e. The molecule has 0 amide bonds. The van der Waals surface area contributed by atoms with Gasteiger partial charge >= 0.3 is 0 Å². The molecule has 32 heavy (non-hydrogen) atoms. The van der Waals surface area contributed by atoms with E-state index in [2.05, 4.69) is 28.5 Å². The number of nitrogens with zero attached hydrogens (tertiary/aromatic N) is 2. The topological polar surface area (TPSA) is 67.4 Å². The van der Waals surface area contributed by atoms with Gasteiger partial charge in [-0.15, -0.1) is 24.0 Å². The van der Waals surface area contributed by atoms with Crippen LogP contribution in [0.5, 0.6) is 11.5 Å². The fraction of sp³-hybridized carbons (Fsp3) is 0.458. The minimum atomic E-state index is 0. The van der Waals surface area contributed by atoms with Crippen LogP contribution in [0.3, 0.4) is 0 Å². The summed E-state index contributed by atoms with van der Waals surface area (Å²) in [6.07, 6.45) is 0. The Balaban J connectivity index is 0.00000363. The van der Waals surface area contributed by atoms with Crippen LogP contribution in [0.4, 0.5) is 0 Å². The smallest absolute Gasteiger partial charge is 0.191 e. The standard InChI is InChI=1S/C24H34N4O3.HI/c1-3-25-24(26-18-20-8-10-22(29-2)11-9-20)27-19-21-6-4-5-7-23(21)31-17-14-28-12-15-30-16-13-28;/h4-11H,3,12-19H2,1-2H3,(H2,25,26,27);1H. The van der Waals surface area contributed by atoms with E-state index in [0.29, 0.717) is 19.7 Å². The first-order valence-corrected chi connectivity index (χ1v) is 10.9. The summed E-state index contributed by atoms with van der Waals surface area (Å²) in [7, 11) is 1.67. The molecule has 0 spiro atoms. The lowest BCUT2D eigenvalue weighted by atomic mass is 10.2. The molecule has 0 saturated carbocycles. The summed E-state index contributed by atoms with van der Waals surface area (Å²) >= 11 is 0. The van der Waals surface area contributed by atoms with Gasteiger partial charge in [-0.3, -0.25) is 4.90 Å². The first-order chi connectivity index (χ1) is 15.3. The van der Waals surface area contributed by atoms with Crippen molar-refractivity contribution in [3.63, 3.8) is 0 Å². The van der Waals surface area contributed by atoms with Gasteiger partial charge in [-0.05, 0) is 30.7 Å². The molecular formula is C24H35IN4O3. The van der Waals surface area contributed by atoms with Gasteiger partial charge in [0.15, 0.2) is 5.96 Å². The largest absolute Gasteiger partial charge is 0.497 e. The van der Waals surface area contributed by atoms with Crippen LogP contribution < -0.4 is 20.1 Å². The normalized spacial score (nSPS) is 14.4. The monoisotopic (exact) mass is 554 g/mol. The van der Waals surface area contributed by atoms with Gasteiger partial charge in [-0.1, -0.05) is 30.3 Å². The summed E-state index contributed by atoms with van der Waals surface area (Å²) < 4.78 is 16.7. The van der Waals surface area contributed by atoms with E-state index in [1.807, 2.05) is 42.5 Å². The third kappa shape index (κ3) is 8.84. The second-order valence-electron chi connectivity index (χ2n) is 7.31. The Bertz CT molecular complexity index is 811. The number of nitrogens with one attached hydrogen (secondary N) is 2. The second kappa shape index (κ2) is 14.9. The summed E-state index contributed by atoms with van der Waals surface area (Å²) in [5, 5.41) is 6.72. The lowest BCUT2D eigenvalue weighted by Crippen LogP contribution is -2.38. The fourth-order valence-electron chi connectivity index (χ4n) is 3.32. The van der Waals surface area contributed by atoms with E-state index in [-0.39, 0.29) is 24.0 Å². The number of halogens is 1. The molecule has 176 valence electrons. The molecule has 1 aliphatic rings. The Hall–Kier alpha value is -2.04. The molecule has 1 aliphatic heterocycles. The van der Waals surface area contributed by atoms with Crippen LogP contribution in [-0.2, 0) is 17.8 Å². The van der Waals surface area contributed by atoms with Crippen molar-refractivity contribution in [3.8, 4) is 11.5 Å². The van der Waals surface area contributed by atoms with Gasteiger partial charge in [0.25, 0.3) is 0 Å². The predicted molar refractivity (Wildman–Crippen MR) is 139 cm³/mol. The van der Waals surface area contributed by atoms with Crippen LogP contribution in [0.2, 0.25) is 0 Å². The lowest BCUT2D eigenvalue weighted by molar-refractivity contribution is 0.0322. The second-order valence-corrected chi connectivity index (χ2v) is 7.31. The molecule has 2 aromatic carbocycles. The van der Waals surface area contributed by atoms with Crippen LogP contribution in [0.25, 0.3) is 0 Å². The van der Waals surface area contributed by atoms with Crippen molar-refractivity contribution in [1.29, 1.82) is 0 Å². The summed E-state index contributed by atoms with van der Waals surface area (Å²) in [6.45, 7) is 9.25. The molecule has 0 aromatic heterocycles. The van der Waals surface area contributed by atoms with Crippen molar-refractivity contribution < 1.29 is 14.2 Å². The summed E-state index contributed by atoms with van der Waals surface area (Å²) in [6, 6.07) is 16.1. The number of benzene rings is 2. The Labute approximate surface area is 208 Å². The molecule has 0 bridgehead atoms. The van der Waals surface area contributed by atoms with E-state index in [4.69, 9.17) is 19.2 Å². The van der Waals surface area contributed by atoms with E-state index in [9.17, 15) is 0 Å². The van der Waals surface area contributed by atoms with Crippen LogP contribution >= 0.6 is 24.0 Å². The van der Waals surface area contributed by atoms with Crippen LogP contribution in [-0.4, -0.2) is 64.0 Å². The molecule has 1 fully saturated rings. The van der Waals surface area contributed by atoms with E-state index < -0.39 is 0 Å². The van der Waals surface area contributed by atoms with Gasteiger partial charge in [0.2, 0.25) is 0 Å².